The number of Topliss-reactive ketones (excluding diaryl/α,β-unsaturated/α-hetero) is 1. The summed E-state index contributed by atoms with van der Waals surface area (Å²) in [5.74, 6) is -0.0775. The van der Waals surface area contributed by atoms with Crippen molar-refractivity contribution in [1.29, 1.82) is 0 Å². The minimum Gasteiger partial charge on any atom is -0.354 e. The van der Waals surface area contributed by atoms with E-state index in [4.69, 9.17) is 0 Å². The Hall–Kier alpha value is -2.45. The van der Waals surface area contributed by atoms with Gasteiger partial charge in [0.1, 0.15) is 5.69 Å². The molecule has 8 heteroatoms. The molecule has 1 aliphatic carbocycles. The van der Waals surface area contributed by atoms with Gasteiger partial charge < -0.3 is 9.88 Å². The minimum atomic E-state index is -3.59. The number of ketones is 1. The second-order valence-electron chi connectivity index (χ2n) is 8.20. The van der Waals surface area contributed by atoms with Crippen LogP contribution in [0.5, 0.6) is 0 Å². The van der Waals surface area contributed by atoms with E-state index in [0.717, 1.165) is 29.7 Å². The maximum absolute atomic E-state index is 13.1. The van der Waals surface area contributed by atoms with Gasteiger partial charge in [-0.3, -0.25) is 9.59 Å². The lowest BCUT2D eigenvalue weighted by molar-refractivity contribution is 0.0691. The first-order chi connectivity index (χ1) is 14.2. The summed E-state index contributed by atoms with van der Waals surface area (Å²) in [7, 11) is -3.59. The van der Waals surface area contributed by atoms with Crippen LogP contribution in [0.3, 0.4) is 0 Å². The van der Waals surface area contributed by atoms with Gasteiger partial charge in [0, 0.05) is 43.9 Å². The lowest BCUT2D eigenvalue weighted by atomic mass is 9.94. The Labute approximate surface area is 177 Å². The number of fused-ring (bicyclic) bond motifs is 1. The van der Waals surface area contributed by atoms with Crippen LogP contribution >= 0.6 is 0 Å². The Balaban J connectivity index is 1.49. The molecule has 2 heterocycles. The van der Waals surface area contributed by atoms with Gasteiger partial charge in [-0.05, 0) is 62.4 Å². The average Bonchev–Trinajstić information content (AvgIpc) is 3.07. The van der Waals surface area contributed by atoms with Crippen molar-refractivity contribution in [2.75, 3.05) is 26.2 Å². The smallest absolute Gasteiger partial charge is 0.270 e. The van der Waals surface area contributed by atoms with Crippen LogP contribution in [0.1, 0.15) is 56.1 Å². The molecule has 4 rings (SSSR count). The molecule has 0 saturated carbocycles. The van der Waals surface area contributed by atoms with Crippen LogP contribution in [0.4, 0.5) is 0 Å². The molecule has 1 aliphatic heterocycles. The molecule has 2 aromatic rings. The van der Waals surface area contributed by atoms with Gasteiger partial charge in [-0.15, -0.1) is 0 Å². The topological polar surface area (TPSA) is 90.6 Å². The number of amides is 1. The van der Waals surface area contributed by atoms with Gasteiger partial charge in [-0.25, -0.2) is 8.42 Å². The number of aromatic nitrogens is 1. The summed E-state index contributed by atoms with van der Waals surface area (Å²) in [6, 6.07) is 5.16. The van der Waals surface area contributed by atoms with Crippen molar-refractivity contribution < 1.29 is 18.0 Å². The summed E-state index contributed by atoms with van der Waals surface area (Å²) >= 11 is 0. The van der Waals surface area contributed by atoms with Crippen LogP contribution in [-0.4, -0.2) is 60.5 Å². The highest BCUT2D eigenvalue weighted by Gasteiger charge is 2.33. The summed E-state index contributed by atoms with van der Waals surface area (Å²) < 4.78 is 27.4. The van der Waals surface area contributed by atoms with Gasteiger partial charge in [0.15, 0.2) is 5.78 Å². The molecular weight excluding hydrogens is 402 g/mol. The van der Waals surface area contributed by atoms with E-state index >= 15 is 0 Å². The number of aromatic amines is 1. The maximum Gasteiger partial charge on any atom is 0.270 e. The minimum absolute atomic E-state index is 0.0911. The van der Waals surface area contributed by atoms with Gasteiger partial charge in [-0.2, -0.15) is 4.31 Å². The van der Waals surface area contributed by atoms with Gasteiger partial charge in [0.05, 0.1) is 4.90 Å². The predicted octanol–water partition coefficient (Wildman–Crippen LogP) is 2.61. The Bertz CT molecular complexity index is 1130. The number of nitrogens with zero attached hydrogens (tertiary/aromatic N) is 2. The first-order valence-corrected chi connectivity index (χ1v) is 11.8. The number of H-pyrrole nitrogens is 1. The summed E-state index contributed by atoms with van der Waals surface area (Å²) in [6.07, 6.45) is 2.10. The highest BCUT2D eigenvalue weighted by Crippen LogP contribution is 2.28. The number of rotatable bonds is 3. The zero-order valence-corrected chi connectivity index (χ0v) is 18.4. The molecular formula is C22H27N3O4S. The third-order valence-electron chi connectivity index (χ3n) is 6.29. The third-order valence-corrected chi connectivity index (χ3v) is 8.19. The Morgan fingerprint density at radius 3 is 2.33 bits per heavy atom. The van der Waals surface area contributed by atoms with Crippen molar-refractivity contribution >= 4 is 21.7 Å². The highest BCUT2D eigenvalue weighted by atomic mass is 32.2. The third kappa shape index (κ3) is 3.48. The summed E-state index contributed by atoms with van der Waals surface area (Å²) in [6.45, 7) is 6.79. The number of aryl methyl sites for hydroxylation is 3. The summed E-state index contributed by atoms with van der Waals surface area (Å²) in [5.41, 5.74) is 4.67. The van der Waals surface area contributed by atoms with E-state index < -0.39 is 10.0 Å². The molecule has 0 atom stereocenters. The number of benzene rings is 1. The monoisotopic (exact) mass is 429 g/mol. The molecule has 7 nitrogen and oxygen atoms in total. The molecule has 160 valence electrons. The van der Waals surface area contributed by atoms with E-state index in [-0.39, 0.29) is 29.7 Å². The van der Waals surface area contributed by atoms with E-state index in [1.807, 2.05) is 26.8 Å². The van der Waals surface area contributed by atoms with E-state index in [0.29, 0.717) is 36.3 Å². The van der Waals surface area contributed by atoms with Crippen LogP contribution in [0.2, 0.25) is 0 Å². The fraction of sp³-hybridized carbons (Fsp3) is 0.455. The molecule has 0 spiro atoms. The average molecular weight is 430 g/mol. The second-order valence-corrected chi connectivity index (χ2v) is 10.1. The number of hydrogen-bond acceptors (Lipinski definition) is 4. The van der Waals surface area contributed by atoms with Gasteiger partial charge in [0.25, 0.3) is 5.91 Å². The molecule has 30 heavy (non-hydrogen) atoms. The van der Waals surface area contributed by atoms with Crippen LogP contribution in [0.25, 0.3) is 0 Å². The van der Waals surface area contributed by atoms with Crippen molar-refractivity contribution in [3.63, 3.8) is 0 Å². The largest absolute Gasteiger partial charge is 0.354 e. The number of carbonyl (C=O) groups excluding carboxylic acids is 2. The first-order valence-electron chi connectivity index (χ1n) is 10.3. The Kier molecular flexibility index (Phi) is 5.32. The molecule has 1 aromatic heterocycles. The van der Waals surface area contributed by atoms with Crippen LogP contribution in [-0.2, 0) is 16.4 Å². The molecule has 0 radical (unpaired) electrons. The lowest BCUT2D eigenvalue weighted by Gasteiger charge is -2.34. The maximum atomic E-state index is 13.1. The Morgan fingerprint density at radius 1 is 1.00 bits per heavy atom. The Morgan fingerprint density at radius 2 is 1.70 bits per heavy atom. The number of carbonyl (C=O) groups is 2. The predicted molar refractivity (Wildman–Crippen MR) is 113 cm³/mol. The van der Waals surface area contributed by atoms with Gasteiger partial charge >= 0.3 is 0 Å². The SMILES string of the molecule is Cc1ccc(S(=O)(=O)N2CCN(C(=O)c3[nH]c4c(c3C)C(=O)CCC4)CC2)cc1C. The molecule has 0 unspecified atom stereocenters. The molecule has 1 fully saturated rings. The molecule has 0 bridgehead atoms. The first kappa shape index (κ1) is 20.8. The van der Waals surface area contributed by atoms with E-state index in [2.05, 4.69) is 4.98 Å². The molecule has 2 aliphatic rings. The molecule has 1 aromatic carbocycles. The summed E-state index contributed by atoms with van der Waals surface area (Å²) in [4.78, 5) is 30.4. The van der Waals surface area contributed by atoms with Crippen LogP contribution < -0.4 is 0 Å². The van der Waals surface area contributed by atoms with E-state index in [1.165, 1.54) is 4.31 Å². The van der Waals surface area contributed by atoms with Crippen LogP contribution in [0.15, 0.2) is 23.1 Å². The number of hydrogen-bond donors (Lipinski definition) is 1. The fourth-order valence-corrected chi connectivity index (χ4v) is 5.81. The van der Waals surface area contributed by atoms with Crippen molar-refractivity contribution in [1.82, 2.24) is 14.2 Å². The van der Waals surface area contributed by atoms with Crippen molar-refractivity contribution in [3.8, 4) is 0 Å². The molecule has 1 saturated heterocycles. The van der Waals surface area contributed by atoms with E-state index in [9.17, 15) is 18.0 Å². The zero-order chi connectivity index (χ0) is 21.6. The van der Waals surface area contributed by atoms with E-state index in [1.54, 1.807) is 17.0 Å². The summed E-state index contributed by atoms with van der Waals surface area (Å²) in [5, 5.41) is 0. The van der Waals surface area contributed by atoms with Crippen molar-refractivity contribution in [3.05, 3.63) is 51.8 Å². The molecule has 1 N–H and O–H groups in total. The normalized spacial score (nSPS) is 17.8. The zero-order valence-electron chi connectivity index (χ0n) is 17.6. The van der Waals surface area contributed by atoms with Gasteiger partial charge in [-0.1, -0.05) is 6.07 Å². The lowest BCUT2D eigenvalue weighted by Crippen LogP contribution is -2.50. The van der Waals surface area contributed by atoms with Crippen molar-refractivity contribution in [2.45, 2.75) is 44.9 Å². The standard InChI is InChI=1S/C22H27N3O4S/c1-14-7-8-17(13-15(14)2)30(28,29)25-11-9-24(10-12-25)22(27)21-16(3)20-18(23-21)5-4-6-19(20)26/h7-8,13,23H,4-6,9-12H2,1-3H3. The number of sulfonamides is 1. The van der Waals surface area contributed by atoms with Crippen LogP contribution in [0, 0.1) is 20.8 Å². The fourth-order valence-electron chi connectivity index (χ4n) is 4.30. The van der Waals surface area contributed by atoms with Crippen molar-refractivity contribution in [2.24, 2.45) is 0 Å². The second kappa shape index (κ2) is 7.67. The quantitative estimate of drug-likeness (QED) is 0.812. The molecule has 1 amide bonds. The number of nitrogens with one attached hydrogen (secondary N) is 1. The number of piperazine rings is 1. The highest BCUT2D eigenvalue weighted by molar-refractivity contribution is 7.89. The van der Waals surface area contributed by atoms with Gasteiger partial charge in [0.2, 0.25) is 10.0 Å².